The van der Waals surface area contributed by atoms with Crippen LogP contribution in [0.2, 0.25) is 0 Å². The third-order valence-corrected chi connectivity index (χ3v) is 3.09. The summed E-state index contributed by atoms with van der Waals surface area (Å²) >= 11 is 0. The van der Waals surface area contributed by atoms with Gasteiger partial charge in [0.15, 0.2) is 0 Å². The Morgan fingerprint density at radius 2 is 2.27 bits per heavy atom. The van der Waals surface area contributed by atoms with Gasteiger partial charge in [-0.3, -0.25) is 0 Å². The van der Waals surface area contributed by atoms with Gasteiger partial charge in [0.1, 0.15) is 0 Å². The van der Waals surface area contributed by atoms with Gasteiger partial charge in [-0.05, 0) is 31.7 Å². The van der Waals surface area contributed by atoms with E-state index in [2.05, 4.69) is 17.6 Å². The van der Waals surface area contributed by atoms with Gasteiger partial charge >= 0.3 is 6.03 Å². The average Bonchev–Trinajstić information content (AvgIpc) is 2.65. The Hall–Kier alpha value is -0.770. The van der Waals surface area contributed by atoms with Crippen LogP contribution < -0.4 is 16.4 Å². The fourth-order valence-electron chi connectivity index (χ4n) is 2.11. The topological polar surface area (TPSA) is 67.2 Å². The molecule has 4 nitrogen and oxygen atoms in total. The van der Waals surface area contributed by atoms with E-state index in [1.165, 1.54) is 6.42 Å². The smallest absolute Gasteiger partial charge is 0.315 e. The third kappa shape index (κ3) is 4.08. The van der Waals surface area contributed by atoms with E-state index in [0.29, 0.717) is 12.5 Å². The fourth-order valence-corrected chi connectivity index (χ4v) is 2.11. The van der Waals surface area contributed by atoms with Gasteiger partial charge in [-0.1, -0.05) is 19.8 Å². The standard InChI is InChI=1S/C11H23N3O/c1-2-3-7-13-11(15)14-10-6-4-5-9(10)8-12/h9-10H,2-8,12H2,1H3,(H2,13,14,15). The number of urea groups is 1. The molecule has 0 aromatic heterocycles. The predicted octanol–water partition coefficient (Wildman–Crippen LogP) is 1.21. The number of hydrogen-bond acceptors (Lipinski definition) is 2. The van der Waals surface area contributed by atoms with Crippen LogP contribution in [0.15, 0.2) is 0 Å². The molecular formula is C11H23N3O. The zero-order valence-electron chi connectivity index (χ0n) is 9.59. The highest BCUT2D eigenvalue weighted by Gasteiger charge is 2.26. The molecule has 88 valence electrons. The molecule has 0 heterocycles. The Balaban J connectivity index is 2.19. The number of hydrogen-bond donors (Lipinski definition) is 3. The van der Waals surface area contributed by atoms with Crippen molar-refractivity contribution in [3.8, 4) is 0 Å². The van der Waals surface area contributed by atoms with E-state index < -0.39 is 0 Å². The van der Waals surface area contributed by atoms with E-state index in [-0.39, 0.29) is 12.1 Å². The molecule has 0 spiro atoms. The lowest BCUT2D eigenvalue weighted by atomic mass is 10.0. The second-order valence-electron chi connectivity index (χ2n) is 4.29. The van der Waals surface area contributed by atoms with Gasteiger partial charge in [-0.25, -0.2) is 4.79 Å². The van der Waals surface area contributed by atoms with E-state index in [9.17, 15) is 4.79 Å². The Bertz CT molecular complexity index is 196. The number of nitrogens with one attached hydrogen (secondary N) is 2. The minimum Gasteiger partial charge on any atom is -0.338 e. The number of carbonyl (C=O) groups excluding carboxylic acids is 1. The summed E-state index contributed by atoms with van der Waals surface area (Å²) in [4.78, 5) is 11.5. The van der Waals surface area contributed by atoms with Crippen molar-refractivity contribution >= 4 is 6.03 Å². The number of amides is 2. The zero-order valence-corrected chi connectivity index (χ0v) is 9.59. The van der Waals surface area contributed by atoms with Crippen LogP contribution in [0.3, 0.4) is 0 Å². The van der Waals surface area contributed by atoms with Crippen LogP contribution in [-0.2, 0) is 0 Å². The molecule has 15 heavy (non-hydrogen) atoms. The molecule has 4 heteroatoms. The van der Waals surface area contributed by atoms with Crippen molar-refractivity contribution in [2.75, 3.05) is 13.1 Å². The van der Waals surface area contributed by atoms with Crippen LogP contribution in [0.1, 0.15) is 39.0 Å². The quantitative estimate of drug-likeness (QED) is 0.601. The average molecular weight is 213 g/mol. The van der Waals surface area contributed by atoms with E-state index in [1.807, 2.05) is 0 Å². The molecule has 4 N–H and O–H groups in total. The summed E-state index contributed by atoms with van der Waals surface area (Å²) in [5.41, 5.74) is 5.65. The molecule has 2 atom stereocenters. The summed E-state index contributed by atoms with van der Waals surface area (Å²) in [6.07, 6.45) is 5.55. The minimum absolute atomic E-state index is 0.0335. The largest absolute Gasteiger partial charge is 0.338 e. The van der Waals surface area contributed by atoms with Crippen molar-refractivity contribution < 1.29 is 4.79 Å². The first-order chi connectivity index (χ1) is 7.27. The first-order valence-corrected chi connectivity index (χ1v) is 6.02. The molecule has 0 bridgehead atoms. The van der Waals surface area contributed by atoms with E-state index in [0.717, 1.165) is 32.2 Å². The van der Waals surface area contributed by atoms with Gasteiger partial charge in [-0.2, -0.15) is 0 Å². The summed E-state index contributed by atoms with van der Waals surface area (Å²) < 4.78 is 0. The number of nitrogens with two attached hydrogens (primary N) is 1. The molecule has 1 aliphatic carbocycles. The highest BCUT2D eigenvalue weighted by Crippen LogP contribution is 2.24. The maximum atomic E-state index is 11.5. The summed E-state index contributed by atoms with van der Waals surface area (Å²) in [7, 11) is 0. The van der Waals surface area contributed by atoms with Crippen LogP contribution in [0.5, 0.6) is 0 Å². The lowest BCUT2D eigenvalue weighted by Crippen LogP contribution is -2.45. The van der Waals surface area contributed by atoms with Crippen molar-refractivity contribution in [1.82, 2.24) is 10.6 Å². The van der Waals surface area contributed by atoms with Crippen molar-refractivity contribution in [3.63, 3.8) is 0 Å². The highest BCUT2D eigenvalue weighted by atomic mass is 16.2. The van der Waals surface area contributed by atoms with Gasteiger partial charge in [-0.15, -0.1) is 0 Å². The first-order valence-electron chi connectivity index (χ1n) is 6.02. The lowest BCUT2D eigenvalue weighted by Gasteiger charge is -2.19. The normalized spacial score (nSPS) is 25.2. The molecule has 0 radical (unpaired) electrons. The molecule has 0 aliphatic heterocycles. The molecular weight excluding hydrogens is 190 g/mol. The Kier molecular flexibility index (Phi) is 5.47. The Morgan fingerprint density at radius 3 is 2.93 bits per heavy atom. The first kappa shape index (κ1) is 12.3. The van der Waals surface area contributed by atoms with Gasteiger partial charge in [0.25, 0.3) is 0 Å². The molecule has 0 aromatic carbocycles. The molecule has 1 rings (SSSR count). The summed E-state index contributed by atoms with van der Waals surface area (Å²) in [6.45, 7) is 3.56. The van der Waals surface area contributed by atoms with E-state index in [4.69, 9.17) is 5.73 Å². The van der Waals surface area contributed by atoms with Gasteiger partial charge in [0.05, 0.1) is 0 Å². The SMILES string of the molecule is CCCCNC(=O)NC1CCCC1CN. The highest BCUT2D eigenvalue weighted by molar-refractivity contribution is 5.74. The third-order valence-electron chi connectivity index (χ3n) is 3.09. The fraction of sp³-hybridized carbons (Fsp3) is 0.909. The van der Waals surface area contributed by atoms with Crippen molar-refractivity contribution in [2.24, 2.45) is 11.7 Å². The summed E-state index contributed by atoms with van der Waals surface area (Å²) in [5.74, 6) is 0.474. The second-order valence-corrected chi connectivity index (χ2v) is 4.29. The number of unbranched alkanes of at least 4 members (excludes halogenated alkanes) is 1. The van der Waals surface area contributed by atoms with Crippen LogP contribution >= 0.6 is 0 Å². The van der Waals surface area contributed by atoms with Gasteiger partial charge < -0.3 is 16.4 Å². The molecule has 0 aromatic rings. The van der Waals surface area contributed by atoms with E-state index >= 15 is 0 Å². The predicted molar refractivity (Wildman–Crippen MR) is 61.6 cm³/mol. The maximum Gasteiger partial charge on any atom is 0.315 e. The number of rotatable bonds is 5. The second kappa shape index (κ2) is 6.67. The lowest BCUT2D eigenvalue weighted by molar-refractivity contribution is 0.233. The summed E-state index contributed by atoms with van der Waals surface area (Å²) in [6, 6.07) is 0.255. The van der Waals surface area contributed by atoms with Crippen molar-refractivity contribution in [2.45, 2.75) is 45.1 Å². The van der Waals surface area contributed by atoms with Gasteiger partial charge in [0, 0.05) is 12.6 Å². The van der Waals surface area contributed by atoms with Gasteiger partial charge in [0.2, 0.25) is 0 Å². The van der Waals surface area contributed by atoms with Crippen LogP contribution in [-0.4, -0.2) is 25.2 Å². The van der Waals surface area contributed by atoms with Crippen molar-refractivity contribution in [3.05, 3.63) is 0 Å². The summed E-state index contributed by atoms with van der Waals surface area (Å²) in [5, 5.41) is 5.87. The van der Waals surface area contributed by atoms with Crippen molar-refractivity contribution in [1.29, 1.82) is 0 Å². The van der Waals surface area contributed by atoms with E-state index in [1.54, 1.807) is 0 Å². The molecule has 1 aliphatic rings. The Labute approximate surface area is 92.0 Å². The molecule has 1 fully saturated rings. The van der Waals surface area contributed by atoms with Crippen LogP contribution in [0.25, 0.3) is 0 Å². The van der Waals surface area contributed by atoms with Crippen LogP contribution in [0, 0.1) is 5.92 Å². The zero-order chi connectivity index (χ0) is 11.1. The molecule has 2 unspecified atom stereocenters. The number of carbonyl (C=O) groups is 1. The molecule has 2 amide bonds. The Morgan fingerprint density at radius 1 is 1.47 bits per heavy atom. The monoisotopic (exact) mass is 213 g/mol. The maximum absolute atomic E-state index is 11.5. The molecule has 0 saturated heterocycles. The minimum atomic E-state index is -0.0335. The van der Waals surface area contributed by atoms with Crippen LogP contribution in [0.4, 0.5) is 4.79 Å². The molecule has 1 saturated carbocycles.